The van der Waals surface area contributed by atoms with Gasteiger partial charge in [-0.25, -0.2) is 13.1 Å². The summed E-state index contributed by atoms with van der Waals surface area (Å²) in [7, 11) is -1.96. The van der Waals surface area contributed by atoms with Gasteiger partial charge in [-0.3, -0.25) is 4.79 Å². The van der Waals surface area contributed by atoms with Gasteiger partial charge in [0.15, 0.2) is 0 Å². The van der Waals surface area contributed by atoms with Crippen LogP contribution in [0.3, 0.4) is 0 Å². The summed E-state index contributed by atoms with van der Waals surface area (Å²) in [6.07, 6.45) is 2.45. The molecule has 2 aromatic carbocycles. The van der Waals surface area contributed by atoms with Crippen LogP contribution in [0.5, 0.6) is 0 Å². The molecule has 1 saturated heterocycles. The molecule has 6 nitrogen and oxygen atoms in total. The summed E-state index contributed by atoms with van der Waals surface area (Å²) < 4.78 is 30.1. The van der Waals surface area contributed by atoms with E-state index in [1.807, 2.05) is 24.3 Å². The largest absolute Gasteiger partial charge is 0.372 e. The van der Waals surface area contributed by atoms with Crippen molar-refractivity contribution in [3.63, 3.8) is 0 Å². The highest BCUT2D eigenvalue weighted by atomic mass is 32.2. The number of nitrogens with one attached hydrogen (secondary N) is 1. The lowest BCUT2D eigenvalue weighted by molar-refractivity contribution is 0.581. The fourth-order valence-corrected chi connectivity index (χ4v) is 5.38. The molecule has 2 heterocycles. The van der Waals surface area contributed by atoms with Crippen LogP contribution in [0.2, 0.25) is 0 Å². The second-order valence-corrected chi connectivity index (χ2v) is 9.50. The molecule has 0 atom stereocenters. The van der Waals surface area contributed by atoms with E-state index < -0.39 is 10.0 Å². The van der Waals surface area contributed by atoms with Gasteiger partial charge in [0.25, 0.3) is 0 Å². The third kappa shape index (κ3) is 3.65. The average Bonchev–Trinajstić information content (AvgIpc) is 3.29. The third-order valence-electron chi connectivity index (χ3n) is 4.95. The Bertz CT molecular complexity index is 1130. The fourth-order valence-electron chi connectivity index (χ4n) is 3.34. The van der Waals surface area contributed by atoms with Crippen molar-refractivity contribution in [1.29, 1.82) is 0 Å². The lowest BCUT2D eigenvalue weighted by Gasteiger charge is -2.17. The molecule has 0 aliphatic carbocycles. The molecule has 0 unspecified atom stereocenters. The quantitative estimate of drug-likeness (QED) is 0.711. The zero-order valence-electron chi connectivity index (χ0n) is 15.0. The Hall–Kier alpha value is -2.16. The van der Waals surface area contributed by atoms with Gasteiger partial charge >= 0.3 is 4.87 Å². The van der Waals surface area contributed by atoms with Crippen molar-refractivity contribution in [2.75, 3.05) is 18.0 Å². The van der Waals surface area contributed by atoms with Crippen LogP contribution in [-0.2, 0) is 23.6 Å². The first-order chi connectivity index (χ1) is 12.9. The molecule has 1 aliphatic rings. The van der Waals surface area contributed by atoms with E-state index in [0.717, 1.165) is 35.5 Å². The van der Waals surface area contributed by atoms with Crippen LogP contribution in [0, 0.1) is 0 Å². The number of hydrogen-bond donors (Lipinski definition) is 1. The maximum absolute atomic E-state index is 12.6. The zero-order chi connectivity index (χ0) is 19.0. The molecule has 0 radical (unpaired) electrons. The molecular formula is C19H21N3O3S2. The van der Waals surface area contributed by atoms with E-state index in [4.69, 9.17) is 0 Å². The van der Waals surface area contributed by atoms with E-state index in [1.165, 1.54) is 29.2 Å². The topological polar surface area (TPSA) is 71.4 Å². The van der Waals surface area contributed by atoms with Gasteiger partial charge < -0.3 is 9.47 Å². The predicted octanol–water partition coefficient (Wildman–Crippen LogP) is 2.68. The Morgan fingerprint density at radius 3 is 2.48 bits per heavy atom. The van der Waals surface area contributed by atoms with Gasteiger partial charge in [0.1, 0.15) is 0 Å². The molecule has 0 spiro atoms. The molecule has 1 N–H and O–H groups in total. The average molecular weight is 404 g/mol. The van der Waals surface area contributed by atoms with Crippen molar-refractivity contribution < 1.29 is 8.42 Å². The summed E-state index contributed by atoms with van der Waals surface area (Å²) >= 11 is 1.05. The molecule has 8 heteroatoms. The normalized spacial score (nSPS) is 14.9. The zero-order valence-corrected chi connectivity index (χ0v) is 16.6. The second kappa shape index (κ2) is 7.10. The summed E-state index contributed by atoms with van der Waals surface area (Å²) in [6, 6.07) is 12.8. The molecule has 3 aromatic rings. The highest BCUT2D eigenvalue weighted by Crippen LogP contribution is 2.22. The van der Waals surface area contributed by atoms with Crippen molar-refractivity contribution in [1.82, 2.24) is 9.29 Å². The molecular weight excluding hydrogens is 382 g/mol. The second-order valence-electron chi connectivity index (χ2n) is 6.74. The lowest BCUT2D eigenvalue weighted by Crippen LogP contribution is -2.23. The summed E-state index contributed by atoms with van der Waals surface area (Å²) in [5, 5.41) is 0. The molecule has 1 aliphatic heterocycles. The van der Waals surface area contributed by atoms with E-state index in [2.05, 4.69) is 9.62 Å². The van der Waals surface area contributed by atoms with E-state index in [1.54, 1.807) is 19.2 Å². The number of benzene rings is 2. The van der Waals surface area contributed by atoms with Gasteiger partial charge in [0, 0.05) is 32.4 Å². The summed E-state index contributed by atoms with van der Waals surface area (Å²) in [6.45, 7) is 2.39. The minimum absolute atomic E-state index is 0.106. The monoisotopic (exact) mass is 403 g/mol. The lowest BCUT2D eigenvalue weighted by atomic mass is 10.2. The van der Waals surface area contributed by atoms with Crippen LogP contribution in [0.15, 0.2) is 52.2 Å². The first-order valence-corrected chi connectivity index (χ1v) is 11.2. The summed E-state index contributed by atoms with van der Waals surface area (Å²) in [5.74, 6) is 0. The molecule has 27 heavy (non-hydrogen) atoms. The predicted molar refractivity (Wildman–Crippen MR) is 109 cm³/mol. The summed E-state index contributed by atoms with van der Waals surface area (Å²) in [4.78, 5) is 14.2. The van der Waals surface area contributed by atoms with E-state index in [0.29, 0.717) is 4.70 Å². The number of aromatic nitrogens is 1. The third-order valence-corrected chi connectivity index (χ3v) is 7.34. The Morgan fingerprint density at radius 2 is 1.78 bits per heavy atom. The van der Waals surface area contributed by atoms with Gasteiger partial charge in [-0.2, -0.15) is 0 Å². The van der Waals surface area contributed by atoms with Gasteiger partial charge in [0.05, 0.1) is 15.1 Å². The van der Waals surface area contributed by atoms with E-state index in [-0.39, 0.29) is 16.3 Å². The smallest absolute Gasteiger partial charge is 0.307 e. The number of anilines is 1. The maximum atomic E-state index is 12.6. The molecule has 142 valence electrons. The molecule has 1 fully saturated rings. The molecule has 1 aromatic heterocycles. The molecule has 0 saturated carbocycles. The minimum atomic E-state index is -3.64. The fraction of sp³-hybridized carbons (Fsp3) is 0.316. The van der Waals surface area contributed by atoms with Gasteiger partial charge in [0.2, 0.25) is 10.0 Å². The minimum Gasteiger partial charge on any atom is -0.372 e. The number of nitrogens with zero attached hydrogens (tertiary/aromatic N) is 2. The van der Waals surface area contributed by atoms with Crippen molar-refractivity contribution in [3.8, 4) is 0 Å². The number of sulfonamides is 1. The van der Waals surface area contributed by atoms with Crippen molar-refractivity contribution in [3.05, 3.63) is 57.7 Å². The van der Waals surface area contributed by atoms with Crippen molar-refractivity contribution in [2.24, 2.45) is 7.05 Å². The van der Waals surface area contributed by atoms with E-state index in [9.17, 15) is 13.2 Å². The molecule has 0 amide bonds. The number of aryl methyl sites for hydroxylation is 1. The van der Waals surface area contributed by atoms with Crippen LogP contribution in [-0.4, -0.2) is 26.1 Å². The van der Waals surface area contributed by atoms with Crippen LogP contribution in [0.1, 0.15) is 18.4 Å². The Morgan fingerprint density at radius 1 is 1.07 bits per heavy atom. The Balaban J connectivity index is 1.49. The molecule has 0 bridgehead atoms. The highest BCUT2D eigenvalue weighted by molar-refractivity contribution is 7.89. The summed E-state index contributed by atoms with van der Waals surface area (Å²) in [5.41, 5.74) is 2.83. The Kier molecular flexibility index (Phi) is 4.79. The number of thiazole rings is 1. The van der Waals surface area contributed by atoms with Gasteiger partial charge in [-0.1, -0.05) is 23.5 Å². The van der Waals surface area contributed by atoms with Crippen LogP contribution >= 0.6 is 11.3 Å². The molecule has 4 rings (SSSR count). The highest BCUT2D eigenvalue weighted by Gasteiger charge is 2.16. The SMILES string of the molecule is Cn1c(=O)sc2cc(S(=O)(=O)NCc3ccc(N4CCCC4)cc3)ccc21. The van der Waals surface area contributed by atoms with Crippen LogP contribution in [0.4, 0.5) is 5.69 Å². The number of fused-ring (bicyclic) bond motifs is 1. The standard InChI is InChI=1S/C19H21N3O3S2/c1-21-17-9-8-16(12-18(17)26-19(21)23)27(24,25)20-13-14-4-6-15(7-5-14)22-10-2-3-11-22/h4-9,12,20H,2-3,10-11,13H2,1H3. The first-order valence-electron chi connectivity index (χ1n) is 8.87. The maximum Gasteiger partial charge on any atom is 0.307 e. The van der Waals surface area contributed by atoms with Crippen molar-refractivity contribution in [2.45, 2.75) is 24.3 Å². The van der Waals surface area contributed by atoms with Crippen molar-refractivity contribution >= 4 is 37.3 Å². The van der Waals surface area contributed by atoms with E-state index >= 15 is 0 Å². The number of hydrogen-bond acceptors (Lipinski definition) is 5. The first kappa shape index (κ1) is 18.2. The number of rotatable bonds is 5. The van der Waals surface area contributed by atoms with Gasteiger partial charge in [-0.15, -0.1) is 0 Å². The van der Waals surface area contributed by atoms with Crippen LogP contribution < -0.4 is 14.5 Å². The van der Waals surface area contributed by atoms with Gasteiger partial charge in [-0.05, 0) is 48.7 Å². The Labute approximate surface area is 162 Å². The van der Waals surface area contributed by atoms with Crippen LogP contribution in [0.25, 0.3) is 10.2 Å².